The van der Waals surface area contributed by atoms with Crippen LogP contribution >= 0.6 is 0 Å². The highest BCUT2D eigenvalue weighted by molar-refractivity contribution is 5.90. The molecule has 1 aromatic heterocycles. The first-order valence-corrected chi connectivity index (χ1v) is 6.75. The number of nitrogens with one attached hydrogen (secondary N) is 1. The molecule has 1 heterocycles. The van der Waals surface area contributed by atoms with Gasteiger partial charge in [0.25, 0.3) is 0 Å². The number of carboxylic acids is 1. The maximum absolute atomic E-state index is 11.0. The zero-order valence-electron chi connectivity index (χ0n) is 11.8. The Morgan fingerprint density at radius 2 is 2.24 bits per heavy atom. The average Bonchev–Trinajstić information content (AvgIpc) is 2.94. The van der Waals surface area contributed by atoms with E-state index in [2.05, 4.69) is 15.5 Å². The second-order valence-corrected chi connectivity index (χ2v) is 4.36. The van der Waals surface area contributed by atoms with Crippen LogP contribution < -0.4 is 10.1 Å². The molecule has 0 saturated heterocycles. The number of aromatic carboxylic acids is 1. The van der Waals surface area contributed by atoms with Crippen molar-refractivity contribution in [3.05, 3.63) is 42.0 Å². The summed E-state index contributed by atoms with van der Waals surface area (Å²) in [7, 11) is 0. The molecule has 7 heteroatoms. The van der Waals surface area contributed by atoms with Gasteiger partial charge in [-0.3, -0.25) is 0 Å². The lowest BCUT2D eigenvalue weighted by Crippen LogP contribution is -2.23. The van der Waals surface area contributed by atoms with Crippen LogP contribution in [0.5, 0.6) is 5.75 Å². The molecule has 0 atom stereocenters. The highest BCUT2D eigenvalue weighted by Gasteiger charge is 2.09. The second-order valence-electron chi connectivity index (χ2n) is 4.36. The molecule has 21 heavy (non-hydrogen) atoms. The van der Waals surface area contributed by atoms with Crippen molar-refractivity contribution in [3.63, 3.8) is 0 Å². The highest BCUT2D eigenvalue weighted by Crippen LogP contribution is 2.17. The number of hydrogen-bond donors (Lipinski definition) is 2. The van der Waals surface area contributed by atoms with Crippen LogP contribution in [0.4, 0.5) is 0 Å². The van der Waals surface area contributed by atoms with Gasteiger partial charge in [-0.05, 0) is 19.1 Å². The van der Waals surface area contributed by atoms with E-state index in [0.29, 0.717) is 25.4 Å². The topological polar surface area (TPSA) is 89.3 Å². The van der Waals surface area contributed by atoms with Gasteiger partial charge in [0.1, 0.15) is 30.1 Å². The summed E-state index contributed by atoms with van der Waals surface area (Å²) >= 11 is 0. The number of ether oxygens (including phenoxy) is 1. The Labute approximate surface area is 122 Å². The Morgan fingerprint density at radius 1 is 1.43 bits per heavy atom. The zero-order valence-corrected chi connectivity index (χ0v) is 11.8. The van der Waals surface area contributed by atoms with Gasteiger partial charge in [0, 0.05) is 13.1 Å². The number of nitrogens with zero attached hydrogens (tertiary/aromatic N) is 3. The third-order valence-corrected chi connectivity index (χ3v) is 2.97. The van der Waals surface area contributed by atoms with Crippen molar-refractivity contribution >= 4 is 5.97 Å². The van der Waals surface area contributed by atoms with Crippen molar-refractivity contribution in [1.29, 1.82) is 0 Å². The lowest BCUT2D eigenvalue weighted by Gasteiger charge is -2.09. The molecule has 112 valence electrons. The van der Waals surface area contributed by atoms with Crippen LogP contribution in [0.25, 0.3) is 0 Å². The van der Waals surface area contributed by atoms with Crippen LogP contribution in [0.1, 0.15) is 23.1 Å². The Morgan fingerprint density at radius 3 is 3.00 bits per heavy atom. The molecule has 0 aliphatic rings. The lowest BCUT2D eigenvalue weighted by molar-refractivity contribution is 0.0692. The quantitative estimate of drug-likeness (QED) is 0.709. The van der Waals surface area contributed by atoms with E-state index >= 15 is 0 Å². The number of hydrogen-bond acceptors (Lipinski definition) is 5. The fraction of sp³-hybridized carbons (Fsp3) is 0.357. The fourth-order valence-electron chi connectivity index (χ4n) is 1.88. The van der Waals surface area contributed by atoms with Crippen molar-refractivity contribution in [2.45, 2.75) is 20.0 Å². The number of benzene rings is 1. The molecule has 0 saturated carbocycles. The summed E-state index contributed by atoms with van der Waals surface area (Å²) < 4.78 is 7.44. The van der Waals surface area contributed by atoms with Crippen molar-refractivity contribution in [2.75, 3.05) is 13.2 Å². The first kappa shape index (κ1) is 15.0. The van der Waals surface area contributed by atoms with Gasteiger partial charge in [-0.25, -0.2) is 4.79 Å². The number of aryl methyl sites for hydroxylation is 1. The average molecular weight is 290 g/mol. The summed E-state index contributed by atoms with van der Waals surface area (Å²) in [4.78, 5) is 11.0. The van der Waals surface area contributed by atoms with E-state index in [0.717, 1.165) is 12.4 Å². The van der Waals surface area contributed by atoms with Crippen LogP contribution in [-0.2, 0) is 13.1 Å². The van der Waals surface area contributed by atoms with Crippen LogP contribution in [-0.4, -0.2) is 39.0 Å². The van der Waals surface area contributed by atoms with Gasteiger partial charge < -0.3 is 19.7 Å². The normalized spacial score (nSPS) is 10.5. The van der Waals surface area contributed by atoms with E-state index in [1.165, 1.54) is 6.07 Å². The van der Waals surface area contributed by atoms with E-state index < -0.39 is 5.97 Å². The highest BCUT2D eigenvalue weighted by atomic mass is 16.5. The van der Waals surface area contributed by atoms with Gasteiger partial charge in [0.05, 0.1) is 6.54 Å². The maximum atomic E-state index is 11.0. The van der Waals surface area contributed by atoms with Gasteiger partial charge in [-0.2, -0.15) is 0 Å². The number of carboxylic acid groups (broad SMARTS) is 1. The standard InChI is InChI=1S/C14H18N4O3/c1-2-18-10-16-17-13(18)9-15-7-8-21-12-6-4-3-5-11(12)14(19)20/h3-6,10,15H,2,7-9H2,1H3,(H,19,20). The van der Waals surface area contributed by atoms with Gasteiger partial charge in [0.15, 0.2) is 0 Å². The minimum absolute atomic E-state index is 0.170. The first-order valence-electron chi connectivity index (χ1n) is 6.75. The van der Waals surface area contributed by atoms with Crippen LogP contribution in [0.15, 0.2) is 30.6 Å². The number of aromatic nitrogens is 3. The predicted octanol–water partition coefficient (Wildman–Crippen LogP) is 1.16. The number of carbonyl (C=O) groups is 1. The SMILES string of the molecule is CCn1cnnc1CNCCOc1ccccc1C(=O)O. The van der Waals surface area contributed by atoms with E-state index in [1.807, 2.05) is 11.5 Å². The Balaban J connectivity index is 1.77. The van der Waals surface area contributed by atoms with Crippen LogP contribution in [0.3, 0.4) is 0 Å². The Hall–Kier alpha value is -2.41. The van der Waals surface area contributed by atoms with Gasteiger partial charge in [-0.1, -0.05) is 12.1 Å². The molecule has 2 rings (SSSR count). The molecule has 7 nitrogen and oxygen atoms in total. The third-order valence-electron chi connectivity index (χ3n) is 2.97. The molecule has 0 amide bonds. The summed E-state index contributed by atoms with van der Waals surface area (Å²) in [5.74, 6) is 0.251. The Bertz CT molecular complexity index is 597. The molecule has 1 aromatic carbocycles. The van der Waals surface area contributed by atoms with Gasteiger partial charge in [0.2, 0.25) is 0 Å². The molecule has 0 bridgehead atoms. The lowest BCUT2D eigenvalue weighted by atomic mass is 10.2. The number of rotatable bonds is 8. The van der Waals surface area contributed by atoms with Crippen molar-refractivity contribution < 1.29 is 14.6 Å². The van der Waals surface area contributed by atoms with E-state index in [-0.39, 0.29) is 5.56 Å². The van der Waals surface area contributed by atoms with Crippen molar-refractivity contribution in [3.8, 4) is 5.75 Å². The largest absolute Gasteiger partial charge is 0.491 e. The summed E-state index contributed by atoms with van der Waals surface area (Å²) in [5, 5.41) is 20.1. The van der Waals surface area contributed by atoms with Crippen molar-refractivity contribution in [2.24, 2.45) is 0 Å². The van der Waals surface area contributed by atoms with E-state index in [4.69, 9.17) is 9.84 Å². The summed E-state index contributed by atoms with van der Waals surface area (Å²) in [5.41, 5.74) is 0.170. The molecule has 2 N–H and O–H groups in total. The molecule has 0 aliphatic heterocycles. The molecule has 0 fully saturated rings. The molecular formula is C14H18N4O3. The Kier molecular flexibility index (Phi) is 5.28. The van der Waals surface area contributed by atoms with Crippen LogP contribution in [0, 0.1) is 0 Å². The van der Waals surface area contributed by atoms with Crippen molar-refractivity contribution in [1.82, 2.24) is 20.1 Å². The minimum Gasteiger partial charge on any atom is -0.491 e. The predicted molar refractivity (Wildman–Crippen MR) is 76.3 cm³/mol. The maximum Gasteiger partial charge on any atom is 0.339 e. The van der Waals surface area contributed by atoms with E-state index in [9.17, 15) is 4.79 Å². The molecule has 2 aromatic rings. The van der Waals surface area contributed by atoms with Gasteiger partial charge in [-0.15, -0.1) is 10.2 Å². The summed E-state index contributed by atoms with van der Waals surface area (Å²) in [6, 6.07) is 6.59. The minimum atomic E-state index is -0.991. The molecule has 0 unspecified atom stereocenters. The first-order chi connectivity index (χ1) is 10.2. The number of para-hydroxylation sites is 1. The van der Waals surface area contributed by atoms with Gasteiger partial charge >= 0.3 is 5.97 Å². The second kappa shape index (κ2) is 7.39. The summed E-state index contributed by atoms with van der Waals surface area (Å²) in [6.45, 7) is 4.41. The zero-order chi connectivity index (χ0) is 15.1. The van der Waals surface area contributed by atoms with Crippen LogP contribution in [0.2, 0.25) is 0 Å². The molecular weight excluding hydrogens is 272 g/mol. The third kappa shape index (κ3) is 4.03. The van der Waals surface area contributed by atoms with E-state index in [1.54, 1.807) is 24.5 Å². The molecule has 0 aliphatic carbocycles. The molecule has 0 spiro atoms. The summed E-state index contributed by atoms with van der Waals surface area (Å²) in [6.07, 6.45) is 1.69. The monoisotopic (exact) mass is 290 g/mol. The fourth-order valence-corrected chi connectivity index (χ4v) is 1.88. The smallest absolute Gasteiger partial charge is 0.339 e. The molecule has 0 radical (unpaired) electrons.